The smallest absolute Gasteiger partial charge is 0.263 e. The maximum absolute atomic E-state index is 12.4. The molecule has 0 spiro atoms. The quantitative estimate of drug-likeness (QED) is 0.614. The number of aliphatic imine (C=N–C) groups is 1. The van der Waals surface area contributed by atoms with E-state index in [1.54, 1.807) is 36.1 Å². The summed E-state index contributed by atoms with van der Waals surface area (Å²) < 4.78 is 28.4. The fraction of sp³-hybridized carbons (Fsp3) is 0.200. The summed E-state index contributed by atoms with van der Waals surface area (Å²) in [7, 11) is -3.63. The standard InChI is InChI=1S/C20H20N6O3S/c1-14(24-19-17-4-2-3-5-18(17)30(28,29)25-19)20(27)22-10-15-6-8-16(9-7-15)11-26-13-21-12-23-26/h2-9,12-14H,10-11H2,1H3,(H,22,27)(H,24,25)/t14-/m0/s1. The second-order valence-corrected chi connectivity index (χ2v) is 8.53. The third-order valence-corrected chi connectivity index (χ3v) is 6.06. The number of rotatable bonds is 6. The average molecular weight is 424 g/mol. The van der Waals surface area contributed by atoms with Gasteiger partial charge in [0.1, 0.15) is 24.5 Å². The zero-order valence-electron chi connectivity index (χ0n) is 16.2. The molecule has 0 radical (unpaired) electrons. The second-order valence-electron chi connectivity index (χ2n) is 6.88. The largest absolute Gasteiger partial charge is 0.350 e. The van der Waals surface area contributed by atoms with Crippen LogP contribution in [0, 0.1) is 0 Å². The Kier molecular flexibility index (Phi) is 5.32. The van der Waals surface area contributed by atoms with Crippen molar-refractivity contribution in [2.75, 3.05) is 0 Å². The van der Waals surface area contributed by atoms with Crippen molar-refractivity contribution in [3.05, 3.63) is 77.9 Å². The Labute approximate surface area is 173 Å². The Hall–Kier alpha value is -3.53. The zero-order valence-corrected chi connectivity index (χ0v) is 17.0. The molecule has 0 saturated carbocycles. The van der Waals surface area contributed by atoms with E-state index in [1.807, 2.05) is 24.3 Å². The van der Waals surface area contributed by atoms with Crippen LogP contribution >= 0.6 is 0 Å². The van der Waals surface area contributed by atoms with Crippen molar-refractivity contribution in [1.29, 1.82) is 0 Å². The summed E-state index contributed by atoms with van der Waals surface area (Å²) in [6, 6.07) is 13.6. The molecule has 1 aliphatic heterocycles. The van der Waals surface area contributed by atoms with Gasteiger partial charge in [0.05, 0.1) is 11.4 Å². The van der Waals surface area contributed by atoms with Gasteiger partial charge in [0.2, 0.25) is 5.91 Å². The highest BCUT2D eigenvalue weighted by Gasteiger charge is 2.31. The van der Waals surface area contributed by atoms with Gasteiger partial charge in [0.15, 0.2) is 0 Å². The van der Waals surface area contributed by atoms with Crippen molar-refractivity contribution in [3.63, 3.8) is 0 Å². The molecular weight excluding hydrogens is 404 g/mol. The average Bonchev–Trinajstić information content (AvgIpc) is 3.33. The number of nitrogens with one attached hydrogen (secondary N) is 2. The van der Waals surface area contributed by atoms with Gasteiger partial charge in [-0.1, -0.05) is 36.4 Å². The van der Waals surface area contributed by atoms with E-state index in [0.29, 0.717) is 18.7 Å². The number of hydrogen-bond donors (Lipinski definition) is 2. The SMILES string of the molecule is C[C@H](N=C1NS(=O)(=O)c2ccccc21)C(=O)NCc1ccc(Cn2cncn2)cc1. The lowest BCUT2D eigenvalue weighted by molar-refractivity contribution is -0.122. The predicted molar refractivity (Wildman–Crippen MR) is 110 cm³/mol. The first-order valence-corrected chi connectivity index (χ1v) is 10.8. The van der Waals surface area contributed by atoms with Crippen molar-refractivity contribution in [1.82, 2.24) is 24.8 Å². The highest BCUT2D eigenvalue weighted by molar-refractivity contribution is 7.90. The predicted octanol–water partition coefficient (Wildman–Crippen LogP) is 1.07. The molecular formula is C20H20N6O3S. The fourth-order valence-electron chi connectivity index (χ4n) is 3.08. The molecule has 0 unspecified atom stereocenters. The third kappa shape index (κ3) is 4.23. The Morgan fingerprint density at radius 3 is 2.63 bits per heavy atom. The molecule has 2 N–H and O–H groups in total. The lowest BCUT2D eigenvalue weighted by atomic mass is 10.1. The van der Waals surface area contributed by atoms with Crippen molar-refractivity contribution in [3.8, 4) is 0 Å². The molecule has 30 heavy (non-hydrogen) atoms. The van der Waals surface area contributed by atoms with Crippen LogP contribution in [0.15, 0.2) is 71.1 Å². The minimum Gasteiger partial charge on any atom is -0.350 e. The van der Waals surface area contributed by atoms with Crippen LogP contribution in [0.3, 0.4) is 0 Å². The molecule has 3 aromatic rings. The van der Waals surface area contributed by atoms with Crippen LogP contribution in [0.1, 0.15) is 23.6 Å². The molecule has 0 bridgehead atoms. The molecule has 10 heteroatoms. The van der Waals surface area contributed by atoms with Gasteiger partial charge in [0.25, 0.3) is 10.0 Å². The van der Waals surface area contributed by atoms with E-state index in [-0.39, 0.29) is 16.6 Å². The highest BCUT2D eigenvalue weighted by atomic mass is 32.2. The summed E-state index contributed by atoms with van der Waals surface area (Å²) in [6.07, 6.45) is 3.14. The molecule has 2 heterocycles. The number of hydrogen-bond acceptors (Lipinski definition) is 6. The van der Waals surface area contributed by atoms with Crippen LogP contribution in [-0.2, 0) is 27.9 Å². The lowest BCUT2D eigenvalue weighted by Crippen LogP contribution is -2.33. The van der Waals surface area contributed by atoms with Gasteiger partial charge >= 0.3 is 0 Å². The first-order valence-electron chi connectivity index (χ1n) is 9.30. The summed E-state index contributed by atoms with van der Waals surface area (Å²) in [6.45, 7) is 2.59. The van der Waals surface area contributed by atoms with Gasteiger partial charge < -0.3 is 5.32 Å². The van der Waals surface area contributed by atoms with Crippen molar-refractivity contribution in [2.24, 2.45) is 4.99 Å². The number of amides is 1. The van der Waals surface area contributed by atoms with Crippen LogP contribution in [0.2, 0.25) is 0 Å². The number of carbonyl (C=O) groups is 1. The topological polar surface area (TPSA) is 118 Å². The first kappa shape index (κ1) is 19.8. The molecule has 154 valence electrons. The normalized spacial score (nSPS) is 16.6. The molecule has 1 aromatic heterocycles. The summed E-state index contributed by atoms with van der Waals surface area (Å²) in [5.74, 6) is -0.108. The van der Waals surface area contributed by atoms with Gasteiger partial charge in [-0.2, -0.15) is 5.10 Å². The van der Waals surface area contributed by atoms with E-state index in [0.717, 1.165) is 11.1 Å². The van der Waals surface area contributed by atoms with Crippen molar-refractivity contribution < 1.29 is 13.2 Å². The van der Waals surface area contributed by atoms with Gasteiger partial charge in [0, 0.05) is 12.1 Å². The van der Waals surface area contributed by atoms with Crippen molar-refractivity contribution in [2.45, 2.75) is 31.0 Å². The van der Waals surface area contributed by atoms with E-state index < -0.39 is 16.1 Å². The lowest BCUT2D eigenvalue weighted by Gasteiger charge is -2.10. The van der Waals surface area contributed by atoms with Gasteiger partial charge in [-0.05, 0) is 30.2 Å². The number of carbonyl (C=O) groups excluding carboxylic acids is 1. The molecule has 1 atom stereocenters. The molecule has 0 aliphatic carbocycles. The van der Waals surface area contributed by atoms with E-state index in [1.165, 1.54) is 12.4 Å². The molecule has 4 rings (SSSR count). The van der Waals surface area contributed by atoms with E-state index in [4.69, 9.17) is 0 Å². The number of benzene rings is 2. The summed E-state index contributed by atoms with van der Waals surface area (Å²) in [4.78, 5) is 20.8. The molecule has 1 aliphatic rings. The van der Waals surface area contributed by atoms with E-state index >= 15 is 0 Å². The molecule has 0 fully saturated rings. The van der Waals surface area contributed by atoms with Gasteiger partial charge in [-0.25, -0.2) is 18.1 Å². The maximum atomic E-state index is 12.4. The number of amidine groups is 1. The molecule has 2 aromatic carbocycles. The highest BCUT2D eigenvalue weighted by Crippen LogP contribution is 2.22. The Balaban J connectivity index is 1.37. The van der Waals surface area contributed by atoms with E-state index in [2.05, 4.69) is 25.1 Å². The van der Waals surface area contributed by atoms with Crippen LogP contribution < -0.4 is 10.0 Å². The third-order valence-electron chi connectivity index (χ3n) is 4.67. The van der Waals surface area contributed by atoms with E-state index in [9.17, 15) is 13.2 Å². The van der Waals surface area contributed by atoms with Gasteiger partial charge in [-0.3, -0.25) is 14.5 Å². The number of sulfonamides is 1. The van der Waals surface area contributed by atoms with Crippen molar-refractivity contribution >= 4 is 21.8 Å². The maximum Gasteiger partial charge on any atom is 0.263 e. The molecule has 0 saturated heterocycles. The molecule has 9 nitrogen and oxygen atoms in total. The summed E-state index contributed by atoms with van der Waals surface area (Å²) in [5, 5.41) is 6.90. The number of nitrogens with zero attached hydrogens (tertiary/aromatic N) is 4. The van der Waals surface area contributed by atoms with Crippen LogP contribution in [0.4, 0.5) is 0 Å². The van der Waals surface area contributed by atoms with Gasteiger partial charge in [-0.15, -0.1) is 0 Å². The van der Waals surface area contributed by atoms with Crippen LogP contribution in [0.25, 0.3) is 0 Å². The second kappa shape index (κ2) is 8.07. The zero-order chi connectivity index (χ0) is 21.1. The van der Waals surface area contributed by atoms with Crippen LogP contribution in [-0.4, -0.2) is 41.0 Å². The summed E-state index contributed by atoms with van der Waals surface area (Å²) in [5.41, 5.74) is 2.49. The Bertz CT molecular complexity index is 1190. The minimum absolute atomic E-state index is 0.169. The first-order chi connectivity index (χ1) is 14.4. The summed E-state index contributed by atoms with van der Waals surface area (Å²) >= 11 is 0. The Morgan fingerprint density at radius 2 is 1.90 bits per heavy atom. The number of fused-ring (bicyclic) bond motifs is 1. The fourth-order valence-corrected chi connectivity index (χ4v) is 4.32. The number of aromatic nitrogens is 3. The monoisotopic (exact) mass is 424 g/mol. The minimum atomic E-state index is -3.63. The van der Waals surface area contributed by atoms with Crippen LogP contribution in [0.5, 0.6) is 0 Å². The Morgan fingerprint density at radius 1 is 1.17 bits per heavy atom. The molecule has 1 amide bonds.